The van der Waals surface area contributed by atoms with Gasteiger partial charge in [-0.25, -0.2) is 0 Å². The van der Waals surface area contributed by atoms with E-state index >= 15 is 0 Å². The van der Waals surface area contributed by atoms with Crippen molar-refractivity contribution in [3.8, 4) is 0 Å². The van der Waals surface area contributed by atoms with E-state index in [1.165, 1.54) is 5.56 Å². The third-order valence-electron chi connectivity index (χ3n) is 4.88. The predicted molar refractivity (Wildman–Crippen MR) is 114 cm³/mol. The summed E-state index contributed by atoms with van der Waals surface area (Å²) in [7, 11) is 1.79. The van der Waals surface area contributed by atoms with Crippen LogP contribution in [0.3, 0.4) is 0 Å². The number of nitrogens with zero attached hydrogens (tertiary/aromatic N) is 3. The van der Waals surface area contributed by atoms with Crippen molar-refractivity contribution in [2.24, 2.45) is 10.9 Å². The van der Waals surface area contributed by atoms with Crippen molar-refractivity contribution in [2.45, 2.75) is 13.0 Å². The molecule has 1 aliphatic heterocycles. The highest BCUT2D eigenvalue weighted by Gasteiger charge is 2.24. The molecule has 1 atom stereocenters. The highest BCUT2D eigenvalue weighted by molar-refractivity contribution is 5.93. The summed E-state index contributed by atoms with van der Waals surface area (Å²) in [5, 5.41) is 6.21. The van der Waals surface area contributed by atoms with Gasteiger partial charge in [0, 0.05) is 51.5 Å². The number of guanidine groups is 1. The molecule has 0 radical (unpaired) electrons. The quantitative estimate of drug-likeness (QED) is 0.406. The first-order valence-electron chi connectivity index (χ1n) is 10.0. The number of benzene rings is 1. The number of carbonyl (C=O) groups is 1. The first kappa shape index (κ1) is 20.8. The Hall–Kier alpha value is -2.93. The van der Waals surface area contributed by atoms with Gasteiger partial charge in [0.25, 0.3) is 5.91 Å². The van der Waals surface area contributed by atoms with Gasteiger partial charge < -0.3 is 20.3 Å². The molecule has 3 rings (SSSR count). The molecule has 1 amide bonds. The molecule has 2 N–H and O–H groups in total. The number of nitrogens with one attached hydrogen (secondary N) is 2. The standard InChI is InChI=1S/C22H29N5O2/c1-23-22(26-12-11-25-21(28)20-8-5-10-24-14-20)27-13-9-19(15-27)17-29-16-18-6-3-2-4-7-18/h2-8,10,14,19H,9,11-13,15-17H2,1H3,(H,23,26)(H,25,28). The van der Waals surface area contributed by atoms with E-state index in [1.807, 2.05) is 18.2 Å². The fraction of sp³-hybridized carbons (Fsp3) is 0.409. The Morgan fingerprint density at radius 3 is 2.79 bits per heavy atom. The molecule has 1 fully saturated rings. The predicted octanol–water partition coefficient (Wildman–Crippen LogP) is 1.93. The molecule has 1 aromatic carbocycles. The number of amides is 1. The minimum Gasteiger partial charge on any atom is -0.376 e. The lowest BCUT2D eigenvalue weighted by Crippen LogP contribution is -2.43. The van der Waals surface area contributed by atoms with E-state index in [9.17, 15) is 4.79 Å². The topological polar surface area (TPSA) is 78.8 Å². The summed E-state index contributed by atoms with van der Waals surface area (Å²) in [5.74, 6) is 1.25. The molecule has 2 heterocycles. The first-order valence-corrected chi connectivity index (χ1v) is 10.0. The minimum atomic E-state index is -0.119. The molecule has 0 spiro atoms. The smallest absolute Gasteiger partial charge is 0.252 e. The zero-order valence-corrected chi connectivity index (χ0v) is 16.9. The molecule has 1 aliphatic rings. The van der Waals surface area contributed by atoms with E-state index in [0.717, 1.165) is 32.1 Å². The molecule has 0 saturated carbocycles. The maximum atomic E-state index is 12.0. The van der Waals surface area contributed by atoms with Crippen LogP contribution >= 0.6 is 0 Å². The van der Waals surface area contributed by atoms with Gasteiger partial charge >= 0.3 is 0 Å². The third-order valence-corrected chi connectivity index (χ3v) is 4.88. The van der Waals surface area contributed by atoms with Crippen LogP contribution in [0.15, 0.2) is 59.9 Å². The number of ether oxygens (including phenoxy) is 1. The molecule has 1 aromatic heterocycles. The van der Waals surface area contributed by atoms with Crippen LogP contribution in [0.1, 0.15) is 22.3 Å². The number of hydrogen-bond donors (Lipinski definition) is 2. The van der Waals surface area contributed by atoms with Crippen molar-refractivity contribution in [3.63, 3.8) is 0 Å². The third kappa shape index (κ3) is 6.57. The number of rotatable bonds is 8. The molecular formula is C22H29N5O2. The molecule has 29 heavy (non-hydrogen) atoms. The fourth-order valence-corrected chi connectivity index (χ4v) is 3.36. The SMILES string of the molecule is CN=C(NCCNC(=O)c1cccnc1)N1CCC(COCc2ccccc2)C1. The van der Waals surface area contributed by atoms with Crippen LogP contribution < -0.4 is 10.6 Å². The van der Waals surface area contributed by atoms with E-state index in [1.54, 1.807) is 31.6 Å². The number of aromatic nitrogens is 1. The largest absolute Gasteiger partial charge is 0.376 e. The Labute approximate surface area is 172 Å². The van der Waals surface area contributed by atoms with Gasteiger partial charge in [-0.15, -0.1) is 0 Å². The Bertz CT molecular complexity index is 782. The molecule has 7 heteroatoms. The van der Waals surface area contributed by atoms with Crippen molar-refractivity contribution in [3.05, 3.63) is 66.0 Å². The Morgan fingerprint density at radius 1 is 1.21 bits per heavy atom. The highest BCUT2D eigenvalue weighted by atomic mass is 16.5. The first-order chi connectivity index (χ1) is 14.3. The van der Waals surface area contributed by atoms with Crippen LogP contribution in [0.4, 0.5) is 0 Å². The van der Waals surface area contributed by atoms with Crippen LogP contribution in [0.2, 0.25) is 0 Å². The van der Waals surface area contributed by atoms with Gasteiger partial charge in [-0.1, -0.05) is 30.3 Å². The number of carbonyl (C=O) groups excluding carboxylic acids is 1. The molecule has 1 saturated heterocycles. The van der Waals surface area contributed by atoms with Gasteiger partial charge in [0.05, 0.1) is 18.8 Å². The van der Waals surface area contributed by atoms with Crippen molar-refractivity contribution < 1.29 is 9.53 Å². The van der Waals surface area contributed by atoms with Crippen molar-refractivity contribution in [2.75, 3.05) is 39.8 Å². The van der Waals surface area contributed by atoms with Gasteiger partial charge in [0.1, 0.15) is 0 Å². The Morgan fingerprint density at radius 2 is 2.03 bits per heavy atom. The summed E-state index contributed by atoms with van der Waals surface area (Å²) >= 11 is 0. The summed E-state index contributed by atoms with van der Waals surface area (Å²) in [6, 6.07) is 13.7. The van der Waals surface area contributed by atoms with Crippen molar-refractivity contribution in [1.29, 1.82) is 0 Å². The van der Waals surface area contributed by atoms with Gasteiger partial charge in [-0.05, 0) is 24.1 Å². The number of pyridine rings is 1. The normalized spacial score (nSPS) is 16.7. The summed E-state index contributed by atoms with van der Waals surface area (Å²) in [4.78, 5) is 22.6. The lowest BCUT2D eigenvalue weighted by molar-refractivity contribution is 0.0906. The summed E-state index contributed by atoms with van der Waals surface area (Å²) < 4.78 is 5.89. The van der Waals surface area contributed by atoms with E-state index < -0.39 is 0 Å². The van der Waals surface area contributed by atoms with E-state index in [4.69, 9.17) is 4.74 Å². The average Bonchev–Trinajstić information content (AvgIpc) is 3.23. The van der Waals surface area contributed by atoms with Crippen LogP contribution in [-0.4, -0.2) is 61.6 Å². The number of aliphatic imine (C=N–C) groups is 1. The second-order valence-corrected chi connectivity index (χ2v) is 7.07. The molecule has 0 bridgehead atoms. The average molecular weight is 396 g/mol. The van der Waals surface area contributed by atoms with Crippen molar-refractivity contribution in [1.82, 2.24) is 20.5 Å². The van der Waals surface area contributed by atoms with Gasteiger partial charge in [0.2, 0.25) is 0 Å². The van der Waals surface area contributed by atoms with E-state index in [0.29, 0.717) is 31.2 Å². The number of hydrogen-bond acceptors (Lipinski definition) is 4. The molecular weight excluding hydrogens is 366 g/mol. The van der Waals surface area contributed by atoms with Crippen LogP contribution in [0, 0.1) is 5.92 Å². The van der Waals surface area contributed by atoms with E-state index in [-0.39, 0.29) is 5.91 Å². The Balaban J connectivity index is 1.33. The summed E-state index contributed by atoms with van der Waals surface area (Å²) in [6.07, 6.45) is 4.30. The second-order valence-electron chi connectivity index (χ2n) is 7.07. The summed E-state index contributed by atoms with van der Waals surface area (Å²) in [6.45, 7) is 4.43. The molecule has 1 unspecified atom stereocenters. The fourth-order valence-electron chi connectivity index (χ4n) is 3.36. The minimum absolute atomic E-state index is 0.119. The molecule has 7 nitrogen and oxygen atoms in total. The lowest BCUT2D eigenvalue weighted by atomic mass is 10.1. The maximum Gasteiger partial charge on any atom is 0.252 e. The van der Waals surface area contributed by atoms with Crippen LogP contribution in [0.5, 0.6) is 0 Å². The zero-order chi connectivity index (χ0) is 20.3. The Kier molecular flexibility index (Phi) is 8.01. The monoisotopic (exact) mass is 395 g/mol. The van der Waals surface area contributed by atoms with Gasteiger partial charge in [-0.3, -0.25) is 14.8 Å². The number of likely N-dealkylation sites (tertiary alicyclic amines) is 1. The zero-order valence-electron chi connectivity index (χ0n) is 16.9. The summed E-state index contributed by atoms with van der Waals surface area (Å²) in [5.41, 5.74) is 1.77. The van der Waals surface area contributed by atoms with Crippen LogP contribution in [-0.2, 0) is 11.3 Å². The van der Waals surface area contributed by atoms with E-state index in [2.05, 4.69) is 37.6 Å². The van der Waals surface area contributed by atoms with Gasteiger partial charge in [-0.2, -0.15) is 0 Å². The molecule has 0 aliphatic carbocycles. The van der Waals surface area contributed by atoms with Crippen molar-refractivity contribution >= 4 is 11.9 Å². The maximum absolute atomic E-state index is 12.0. The van der Waals surface area contributed by atoms with Gasteiger partial charge in [0.15, 0.2) is 5.96 Å². The molecule has 2 aromatic rings. The molecule has 154 valence electrons. The second kappa shape index (κ2) is 11.2. The van der Waals surface area contributed by atoms with Crippen LogP contribution in [0.25, 0.3) is 0 Å². The lowest BCUT2D eigenvalue weighted by Gasteiger charge is -2.22. The highest BCUT2D eigenvalue weighted by Crippen LogP contribution is 2.17.